The van der Waals surface area contributed by atoms with Gasteiger partial charge in [0.05, 0.1) is 5.56 Å². The molecule has 0 aliphatic heterocycles. The van der Waals surface area contributed by atoms with Gasteiger partial charge in [0.15, 0.2) is 0 Å². The summed E-state index contributed by atoms with van der Waals surface area (Å²) in [6.45, 7) is 3.90. The number of rotatable bonds is 3. The zero-order valence-corrected chi connectivity index (χ0v) is 14.0. The van der Waals surface area contributed by atoms with Gasteiger partial charge in [0.1, 0.15) is 5.78 Å². The molecule has 0 radical (unpaired) electrons. The number of amides is 1. The Morgan fingerprint density at radius 2 is 1.92 bits per heavy atom. The van der Waals surface area contributed by atoms with Gasteiger partial charge in [-0.1, -0.05) is 18.2 Å². The first-order chi connectivity index (χ1) is 11.6. The van der Waals surface area contributed by atoms with Crippen molar-refractivity contribution in [3.05, 3.63) is 53.3 Å². The molecule has 24 heavy (non-hydrogen) atoms. The molecule has 0 spiro atoms. The van der Waals surface area contributed by atoms with Crippen molar-refractivity contribution in [2.75, 3.05) is 0 Å². The maximum absolute atomic E-state index is 12.5. The molecule has 0 bridgehead atoms. The number of hydrogen-bond acceptors (Lipinski definition) is 3. The van der Waals surface area contributed by atoms with Crippen LogP contribution in [0.5, 0.6) is 0 Å². The number of nitrogens with one attached hydrogen (secondary N) is 1. The highest BCUT2D eigenvalue weighted by molar-refractivity contribution is 6.04. The molecular weight excluding hydrogens is 302 g/mol. The fraction of sp³-hybridized carbons (Fsp3) is 0.316. The minimum atomic E-state index is -0.240. The molecule has 0 unspecified atom stereocenters. The monoisotopic (exact) mass is 323 g/mol. The lowest BCUT2D eigenvalue weighted by Gasteiger charge is -2.11. The van der Waals surface area contributed by atoms with E-state index in [9.17, 15) is 9.59 Å². The lowest BCUT2D eigenvalue weighted by atomic mass is 9.97. The smallest absolute Gasteiger partial charge is 0.273 e. The second kappa shape index (κ2) is 6.83. The summed E-state index contributed by atoms with van der Waals surface area (Å²) in [6.07, 6.45) is 2.56. The Labute approximate surface area is 141 Å². The lowest BCUT2D eigenvalue weighted by Crippen LogP contribution is -2.23. The average Bonchev–Trinajstić information content (AvgIpc) is 2.88. The predicted molar refractivity (Wildman–Crippen MR) is 93.6 cm³/mol. The van der Waals surface area contributed by atoms with Crippen LogP contribution in [-0.2, 0) is 4.79 Å². The van der Waals surface area contributed by atoms with Crippen LogP contribution in [0.3, 0.4) is 0 Å². The molecule has 2 aromatic rings. The number of carbonyl (C=O) groups excluding carboxylic acids is 2. The highest BCUT2D eigenvalue weighted by Crippen LogP contribution is 2.20. The molecule has 3 rings (SSSR count). The molecule has 1 aromatic heterocycles. The van der Waals surface area contributed by atoms with Gasteiger partial charge < -0.3 is 4.57 Å². The second-order valence-corrected chi connectivity index (χ2v) is 6.14. The Kier molecular flexibility index (Phi) is 4.60. The van der Waals surface area contributed by atoms with E-state index >= 15 is 0 Å². The average molecular weight is 323 g/mol. The van der Waals surface area contributed by atoms with E-state index in [0.29, 0.717) is 18.4 Å². The third-order valence-electron chi connectivity index (χ3n) is 4.33. The topological polar surface area (TPSA) is 63.5 Å². The number of Topliss-reactive ketones (excluding diaryl/α,β-unsaturated/α-hetero) is 1. The maximum Gasteiger partial charge on any atom is 0.273 e. The van der Waals surface area contributed by atoms with Crippen LogP contribution in [-0.4, -0.2) is 22.0 Å². The molecule has 1 aliphatic carbocycles. The van der Waals surface area contributed by atoms with Crippen LogP contribution in [0.4, 0.5) is 0 Å². The van der Waals surface area contributed by atoms with Crippen molar-refractivity contribution in [2.45, 2.75) is 39.5 Å². The van der Waals surface area contributed by atoms with Gasteiger partial charge in [0.2, 0.25) is 0 Å². The van der Waals surface area contributed by atoms with Gasteiger partial charge in [-0.25, -0.2) is 5.43 Å². The molecule has 5 nitrogen and oxygen atoms in total. The predicted octanol–water partition coefficient (Wildman–Crippen LogP) is 3.32. The fourth-order valence-corrected chi connectivity index (χ4v) is 3.15. The van der Waals surface area contributed by atoms with Crippen LogP contribution in [0.25, 0.3) is 5.69 Å². The molecule has 5 heteroatoms. The number of aromatic nitrogens is 1. The highest BCUT2D eigenvalue weighted by atomic mass is 16.2. The third-order valence-corrected chi connectivity index (χ3v) is 4.33. The van der Waals surface area contributed by atoms with Crippen molar-refractivity contribution < 1.29 is 9.59 Å². The van der Waals surface area contributed by atoms with Crippen molar-refractivity contribution >= 4 is 17.4 Å². The lowest BCUT2D eigenvalue weighted by molar-refractivity contribution is -0.118. The van der Waals surface area contributed by atoms with Gasteiger partial charge in [-0.2, -0.15) is 5.10 Å². The summed E-state index contributed by atoms with van der Waals surface area (Å²) in [5, 5.41) is 4.15. The van der Waals surface area contributed by atoms with Gasteiger partial charge in [0.25, 0.3) is 5.91 Å². The molecule has 0 saturated heterocycles. The summed E-state index contributed by atoms with van der Waals surface area (Å²) < 4.78 is 2.05. The number of aryl methyl sites for hydroxylation is 1. The van der Waals surface area contributed by atoms with Gasteiger partial charge in [-0.3, -0.25) is 9.59 Å². The summed E-state index contributed by atoms with van der Waals surface area (Å²) in [4.78, 5) is 23.9. The van der Waals surface area contributed by atoms with E-state index in [1.54, 1.807) is 0 Å². The van der Waals surface area contributed by atoms with E-state index in [2.05, 4.69) is 10.5 Å². The SMILES string of the molecule is Cc1cc(C(=O)N/N=C2/CCCC(=O)C2)c(C)n1-c1ccccc1. The van der Waals surface area contributed by atoms with Crippen LogP contribution < -0.4 is 5.43 Å². The third kappa shape index (κ3) is 3.30. The minimum Gasteiger partial charge on any atom is -0.318 e. The summed E-state index contributed by atoms with van der Waals surface area (Å²) in [5.74, 6) is -0.0488. The largest absolute Gasteiger partial charge is 0.318 e. The Bertz CT molecular complexity index is 804. The number of ketones is 1. The molecule has 1 saturated carbocycles. The van der Waals surface area contributed by atoms with Crippen molar-refractivity contribution in [1.82, 2.24) is 9.99 Å². The van der Waals surface area contributed by atoms with E-state index in [0.717, 1.165) is 35.6 Å². The highest BCUT2D eigenvalue weighted by Gasteiger charge is 2.18. The van der Waals surface area contributed by atoms with E-state index in [1.807, 2.05) is 54.8 Å². The summed E-state index contributed by atoms with van der Waals surface area (Å²) in [7, 11) is 0. The Balaban J connectivity index is 1.81. The van der Waals surface area contributed by atoms with Crippen molar-refractivity contribution in [3.8, 4) is 5.69 Å². The van der Waals surface area contributed by atoms with E-state index < -0.39 is 0 Å². The van der Waals surface area contributed by atoms with Crippen LogP contribution >= 0.6 is 0 Å². The zero-order valence-electron chi connectivity index (χ0n) is 14.0. The van der Waals surface area contributed by atoms with E-state index in [1.165, 1.54) is 0 Å². The minimum absolute atomic E-state index is 0.191. The molecule has 1 aliphatic rings. The summed E-state index contributed by atoms with van der Waals surface area (Å²) in [5.41, 5.74) is 6.85. The standard InChI is InChI=1S/C19H21N3O2/c1-13-11-18(14(2)22(13)16-8-4-3-5-9-16)19(24)21-20-15-7-6-10-17(23)12-15/h3-5,8-9,11H,6-7,10,12H2,1-2H3,(H,21,24)/b20-15-. The van der Waals surface area contributed by atoms with Crippen LogP contribution in [0.15, 0.2) is 41.5 Å². The maximum atomic E-state index is 12.5. The van der Waals surface area contributed by atoms with Gasteiger partial charge in [0, 0.05) is 35.6 Å². The number of nitrogens with zero attached hydrogens (tertiary/aromatic N) is 2. The molecule has 124 valence electrons. The Morgan fingerprint density at radius 3 is 2.62 bits per heavy atom. The first kappa shape index (κ1) is 16.2. The quantitative estimate of drug-likeness (QED) is 0.881. The number of hydrogen-bond donors (Lipinski definition) is 1. The molecule has 0 atom stereocenters. The fourth-order valence-electron chi connectivity index (χ4n) is 3.15. The summed E-state index contributed by atoms with van der Waals surface area (Å²) in [6, 6.07) is 11.8. The number of para-hydroxylation sites is 1. The Hall–Kier alpha value is -2.69. The Morgan fingerprint density at radius 1 is 1.17 bits per heavy atom. The number of benzene rings is 1. The van der Waals surface area contributed by atoms with Crippen molar-refractivity contribution in [1.29, 1.82) is 0 Å². The number of carbonyl (C=O) groups is 2. The van der Waals surface area contributed by atoms with Crippen LogP contribution in [0.2, 0.25) is 0 Å². The molecule has 1 N–H and O–H groups in total. The first-order valence-corrected chi connectivity index (χ1v) is 8.18. The normalized spacial score (nSPS) is 16.4. The van der Waals surface area contributed by atoms with Crippen LogP contribution in [0.1, 0.15) is 47.4 Å². The van der Waals surface area contributed by atoms with E-state index in [4.69, 9.17) is 0 Å². The van der Waals surface area contributed by atoms with Crippen molar-refractivity contribution in [3.63, 3.8) is 0 Å². The van der Waals surface area contributed by atoms with Gasteiger partial charge in [-0.05, 0) is 44.9 Å². The van der Waals surface area contributed by atoms with Gasteiger partial charge in [-0.15, -0.1) is 0 Å². The summed E-state index contributed by atoms with van der Waals surface area (Å²) >= 11 is 0. The molecule has 1 amide bonds. The zero-order chi connectivity index (χ0) is 17.1. The molecule has 1 fully saturated rings. The van der Waals surface area contributed by atoms with E-state index in [-0.39, 0.29) is 11.7 Å². The number of hydrazone groups is 1. The molecular formula is C19H21N3O2. The van der Waals surface area contributed by atoms with Crippen molar-refractivity contribution in [2.24, 2.45) is 5.10 Å². The van der Waals surface area contributed by atoms with Crippen LogP contribution in [0, 0.1) is 13.8 Å². The first-order valence-electron chi connectivity index (χ1n) is 8.18. The van der Waals surface area contributed by atoms with Gasteiger partial charge >= 0.3 is 0 Å². The molecule has 1 aromatic carbocycles. The second-order valence-electron chi connectivity index (χ2n) is 6.14. The molecule has 1 heterocycles.